The van der Waals surface area contributed by atoms with Crippen molar-refractivity contribution in [3.63, 3.8) is 0 Å². The van der Waals surface area contributed by atoms with Crippen LogP contribution in [-0.4, -0.2) is 37.6 Å². The Kier molecular flexibility index (Phi) is 4.19. The molecule has 104 valence electrons. The van der Waals surface area contributed by atoms with Crippen LogP contribution < -0.4 is 5.32 Å². The third-order valence-electron chi connectivity index (χ3n) is 4.72. The molecule has 1 N–H and O–H groups in total. The fraction of sp³-hybridized carbons (Fsp3) is 0.647. The Labute approximate surface area is 117 Å². The fourth-order valence-electron chi connectivity index (χ4n) is 3.78. The molecule has 0 saturated carbocycles. The SMILES string of the molecule is CN(CC1CCCN1)CC1CCCc2ccccc21. The number of fused-ring (bicyclic) bond motifs is 1. The highest BCUT2D eigenvalue weighted by atomic mass is 15.1. The van der Waals surface area contributed by atoms with Gasteiger partial charge >= 0.3 is 0 Å². The third-order valence-corrected chi connectivity index (χ3v) is 4.72. The Morgan fingerprint density at radius 3 is 2.89 bits per heavy atom. The first kappa shape index (κ1) is 13.1. The lowest BCUT2D eigenvalue weighted by Gasteiger charge is -2.30. The summed E-state index contributed by atoms with van der Waals surface area (Å²) in [5, 5.41) is 3.60. The van der Waals surface area contributed by atoms with Gasteiger partial charge in [-0.1, -0.05) is 24.3 Å². The molecule has 1 aliphatic heterocycles. The highest BCUT2D eigenvalue weighted by Crippen LogP contribution is 2.31. The predicted octanol–water partition coefficient (Wildman–Crippen LogP) is 2.79. The van der Waals surface area contributed by atoms with Crippen molar-refractivity contribution in [1.82, 2.24) is 10.2 Å². The zero-order valence-corrected chi connectivity index (χ0v) is 12.1. The topological polar surface area (TPSA) is 15.3 Å². The number of likely N-dealkylation sites (N-methyl/N-ethyl adjacent to an activating group) is 1. The predicted molar refractivity (Wildman–Crippen MR) is 80.6 cm³/mol. The second kappa shape index (κ2) is 6.06. The zero-order chi connectivity index (χ0) is 13.1. The van der Waals surface area contributed by atoms with Crippen molar-refractivity contribution in [2.45, 2.75) is 44.1 Å². The van der Waals surface area contributed by atoms with E-state index in [9.17, 15) is 0 Å². The molecule has 0 bridgehead atoms. The van der Waals surface area contributed by atoms with Gasteiger partial charge in [0.2, 0.25) is 0 Å². The molecule has 0 spiro atoms. The van der Waals surface area contributed by atoms with Gasteiger partial charge in [-0.2, -0.15) is 0 Å². The van der Waals surface area contributed by atoms with E-state index in [2.05, 4.69) is 41.5 Å². The Balaban J connectivity index is 1.60. The summed E-state index contributed by atoms with van der Waals surface area (Å²) in [5.41, 5.74) is 3.20. The molecule has 19 heavy (non-hydrogen) atoms. The van der Waals surface area contributed by atoms with Crippen LogP contribution in [0.4, 0.5) is 0 Å². The first-order valence-electron chi connectivity index (χ1n) is 7.82. The lowest BCUT2D eigenvalue weighted by atomic mass is 9.82. The van der Waals surface area contributed by atoms with Gasteiger partial charge in [-0.25, -0.2) is 0 Å². The summed E-state index contributed by atoms with van der Waals surface area (Å²) in [4.78, 5) is 2.54. The number of nitrogens with zero attached hydrogens (tertiary/aromatic N) is 1. The van der Waals surface area contributed by atoms with Crippen LogP contribution in [0.1, 0.15) is 42.7 Å². The van der Waals surface area contributed by atoms with Crippen LogP contribution in [0.15, 0.2) is 24.3 Å². The van der Waals surface area contributed by atoms with Crippen LogP contribution in [0.2, 0.25) is 0 Å². The molecule has 0 aromatic heterocycles. The van der Waals surface area contributed by atoms with E-state index in [1.165, 1.54) is 51.7 Å². The second-order valence-electron chi connectivity index (χ2n) is 6.30. The third kappa shape index (κ3) is 3.18. The molecule has 2 atom stereocenters. The Bertz CT molecular complexity index is 409. The van der Waals surface area contributed by atoms with Crippen molar-refractivity contribution in [1.29, 1.82) is 0 Å². The van der Waals surface area contributed by atoms with Gasteiger partial charge in [0.05, 0.1) is 0 Å². The summed E-state index contributed by atoms with van der Waals surface area (Å²) in [6, 6.07) is 9.79. The van der Waals surface area contributed by atoms with Crippen molar-refractivity contribution in [2.75, 3.05) is 26.7 Å². The molecule has 2 heteroatoms. The fourth-order valence-corrected chi connectivity index (χ4v) is 3.78. The first-order valence-corrected chi connectivity index (χ1v) is 7.82. The molecule has 1 aromatic rings. The largest absolute Gasteiger partial charge is 0.313 e. The molecule has 1 aliphatic carbocycles. The minimum absolute atomic E-state index is 0.726. The van der Waals surface area contributed by atoms with Gasteiger partial charge in [0.25, 0.3) is 0 Å². The van der Waals surface area contributed by atoms with Crippen LogP contribution in [0.3, 0.4) is 0 Å². The minimum Gasteiger partial charge on any atom is -0.313 e. The van der Waals surface area contributed by atoms with E-state index < -0.39 is 0 Å². The van der Waals surface area contributed by atoms with Crippen LogP contribution in [0.25, 0.3) is 0 Å². The molecule has 1 fully saturated rings. The summed E-state index contributed by atoms with van der Waals surface area (Å²) in [6.45, 7) is 3.64. The number of hydrogen-bond acceptors (Lipinski definition) is 2. The highest BCUT2D eigenvalue weighted by molar-refractivity contribution is 5.32. The standard InChI is InChI=1S/C17H26N2/c1-19(13-16-9-5-11-18-16)12-15-8-4-7-14-6-2-3-10-17(14)15/h2-3,6,10,15-16,18H,4-5,7-9,11-13H2,1H3. The summed E-state index contributed by atoms with van der Waals surface area (Å²) in [6.07, 6.45) is 6.70. The summed E-state index contributed by atoms with van der Waals surface area (Å²) < 4.78 is 0. The average molecular weight is 258 g/mol. The molecule has 0 radical (unpaired) electrons. The number of benzene rings is 1. The van der Waals surface area contributed by atoms with Gasteiger partial charge in [-0.15, -0.1) is 0 Å². The smallest absolute Gasteiger partial charge is 0.0195 e. The van der Waals surface area contributed by atoms with Gasteiger partial charge in [-0.3, -0.25) is 0 Å². The maximum Gasteiger partial charge on any atom is 0.0195 e. The van der Waals surface area contributed by atoms with Crippen LogP contribution >= 0.6 is 0 Å². The van der Waals surface area contributed by atoms with Crippen LogP contribution in [0, 0.1) is 0 Å². The van der Waals surface area contributed by atoms with Crippen molar-refractivity contribution in [2.24, 2.45) is 0 Å². The minimum atomic E-state index is 0.726. The van der Waals surface area contributed by atoms with E-state index in [1.807, 2.05) is 0 Å². The molecular formula is C17H26N2. The molecule has 3 rings (SSSR count). The van der Waals surface area contributed by atoms with Crippen molar-refractivity contribution in [3.05, 3.63) is 35.4 Å². The molecule has 1 saturated heterocycles. The van der Waals surface area contributed by atoms with E-state index in [-0.39, 0.29) is 0 Å². The van der Waals surface area contributed by atoms with Gasteiger partial charge in [0.1, 0.15) is 0 Å². The molecule has 0 amide bonds. The van der Waals surface area contributed by atoms with Crippen molar-refractivity contribution >= 4 is 0 Å². The monoisotopic (exact) mass is 258 g/mol. The van der Waals surface area contributed by atoms with E-state index in [1.54, 1.807) is 11.1 Å². The molecule has 1 heterocycles. The first-order chi connectivity index (χ1) is 9.33. The molecule has 2 unspecified atom stereocenters. The van der Waals surface area contributed by atoms with Crippen molar-refractivity contribution in [3.8, 4) is 0 Å². The number of aryl methyl sites for hydroxylation is 1. The molecular weight excluding hydrogens is 232 g/mol. The van der Waals surface area contributed by atoms with Gasteiger partial charge < -0.3 is 10.2 Å². The van der Waals surface area contributed by atoms with Gasteiger partial charge in [-0.05, 0) is 62.7 Å². The van der Waals surface area contributed by atoms with E-state index in [0.29, 0.717) is 0 Å². The van der Waals surface area contributed by atoms with Crippen LogP contribution in [-0.2, 0) is 6.42 Å². The highest BCUT2D eigenvalue weighted by Gasteiger charge is 2.22. The lowest BCUT2D eigenvalue weighted by Crippen LogP contribution is -2.37. The Morgan fingerprint density at radius 2 is 2.05 bits per heavy atom. The second-order valence-corrected chi connectivity index (χ2v) is 6.30. The summed E-state index contributed by atoms with van der Waals surface area (Å²) >= 11 is 0. The zero-order valence-electron chi connectivity index (χ0n) is 12.1. The lowest BCUT2D eigenvalue weighted by molar-refractivity contribution is 0.272. The number of hydrogen-bond donors (Lipinski definition) is 1. The van der Waals surface area contributed by atoms with Crippen LogP contribution in [0.5, 0.6) is 0 Å². The van der Waals surface area contributed by atoms with Gasteiger partial charge in [0.15, 0.2) is 0 Å². The molecule has 2 aliphatic rings. The van der Waals surface area contributed by atoms with E-state index in [0.717, 1.165) is 12.0 Å². The van der Waals surface area contributed by atoms with Gasteiger partial charge in [0, 0.05) is 19.1 Å². The average Bonchev–Trinajstić information content (AvgIpc) is 2.92. The van der Waals surface area contributed by atoms with E-state index in [4.69, 9.17) is 0 Å². The number of rotatable bonds is 4. The number of nitrogens with one attached hydrogen (secondary N) is 1. The van der Waals surface area contributed by atoms with Crippen molar-refractivity contribution < 1.29 is 0 Å². The normalized spacial score (nSPS) is 26.6. The molecule has 1 aromatic carbocycles. The summed E-state index contributed by atoms with van der Waals surface area (Å²) in [5.74, 6) is 0.747. The van der Waals surface area contributed by atoms with E-state index >= 15 is 0 Å². The maximum atomic E-state index is 3.60. The molecule has 2 nitrogen and oxygen atoms in total. The Hall–Kier alpha value is -0.860. The Morgan fingerprint density at radius 1 is 1.16 bits per heavy atom. The maximum absolute atomic E-state index is 3.60. The summed E-state index contributed by atoms with van der Waals surface area (Å²) in [7, 11) is 2.29. The quantitative estimate of drug-likeness (QED) is 0.893.